The lowest BCUT2D eigenvalue weighted by Crippen LogP contribution is -2.66. The van der Waals surface area contributed by atoms with Crippen molar-refractivity contribution in [3.05, 3.63) is 24.2 Å². The molecular formula is C18H30N2O. The van der Waals surface area contributed by atoms with Gasteiger partial charge in [-0.15, -0.1) is 0 Å². The highest BCUT2D eigenvalue weighted by molar-refractivity contribution is 5.03. The second kappa shape index (κ2) is 6.53. The van der Waals surface area contributed by atoms with E-state index in [0.717, 1.165) is 25.3 Å². The average Bonchev–Trinajstić information content (AvgIpc) is 2.99. The minimum absolute atomic E-state index is 0.396. The molecule has 0 amide bonds. The van der Waals surface area contributed by atoms with E-state index in [4.69, 9.17) is 4.42 Å². The molecule has 1 aromatic rings. The van der Waals surface area contributed by atoms with Crippen LogP contribution in [0.25, 0.3) is 0 Å². The average molecular weight is 290 g/mol. The summed E-state index contributed by atoms with van der Waals surface area (Å²) in [4.78, 5) is 2.73. The van der Waals surface area contributed by atoms with E-state index in [1.165, 1.54) is 38.6 Å². The highest BCUT2D eigenvalue weighted by Crippen LogP contribution is 2.33. The predicted octanol–water partition coefficient (Wildman–Crippen LogP) is 3.45. The molecule has 21 heavy (non-hydrogen) atoms. The van der Waals surface area contributed by atoms with Crippen LogP contribution in [0.15, 0.2) is 22.8 Å². The lowest BCUT2D eigenvalue weighted by Gasteiger charge is -2.51. The molecule has 3 heteroatoms. The number of hydrogen-bond donors (Lipinski definition) is 1. The fourth-order valence-electron chi connectivity index (χ4n) is 4.19. The van der Waals surface area contributed by atoms with Gasteiger partial charge in [0.2, 0.25) is 0 Å². The predicted molar refractivity (Wildman–Crippen MR) is 86.4 cm³/mol. The maximum atomic E-state index is 5.51. The molecule has 1 aliphatic heterocycles. The van der Waals surface area contributed by atoms with Crippen LogP contribution < -0.4 is 5.32 Å². The Labute approximate surface area is 129 Å². The third kappa shape index (κ3) is 3.51. The molecule has 0 radical (unpaired) electrons. The zero-order valence-electron chi connectivity index (χ0n) is 13.6. The third-order valence-electron chi connectivity index (χ3n) is 5.47. The van der Waals surface area contributed by atoms with E-state index in [1.807, 2.05) is 6.07 Å². The van der Waals surface area contributed by atoms with E-state index in [0.29, 0.717) is 17.5 Å². The SMILES string of the molecule is CC(C)C1CNC2(CCCCC2)CN1CCc1ccco1. The summed E-state index contributed by atoms with van der Waals surface area (Å²) in [6, 6.07) is 4.76. The van der Waals surface area contributed by atoms with Crippen LogP contribution in [0.5, 0.6) is 0 Å². The van der Waals surface area contributed by atoms with Gasteiger partial charge >= 0.3 is 0 Å². The van der Waals surface area contributed by atoms with Crippen molar-refractivity contribution in [3.63, 3.8) is 0 Å². The van der Waals surface area contributed by atoms with Gasteiger partial charge < -0.3 is 9.73 Å². The summed E-state index contributed by atoms with van der Waals surface area (Å²) >= 11 is 0. The summed E-state index contributed by atoms with van der Waals surface area (Å²) in [5.74, 6) is 1.82. The van der Waals surface area contributed by atoms with Crippen LogP contribution in [0.2, 0.25) is 0 Å². The number of hydrogen-bond acceptors (Lipinski definition) is 3. The van der Waals surface area contributed by atoms with Crippen molar-refractivity contribution in [2.24, 2.45) is 5.92 Å². The van der Waals surface area contributed by atoms with Gasteiger partial charge in [0, 0.05) is 37.6 Å². The number of furan rings is 1. The molecule has 1 aliphatic carbocycles. The topological polar surface area (TPSA) is 28.4 Å². The molecule has 118 valence electrons. The molecule has 0 bridgehead atoms. The largest absolute Gasteiger partial charge is 0.469 e. The Morgan fingerprint density at radius 1 is 1.33 bits per heavy atom. The first-order valence-electron chi connectivity index (χ1n) is 8.70. The summed E-state index contributed by atoms with van der Waals surface area (Å²) in [6.45, 7) is 8.20. The van der Waals surface area contributed by atoms with Gasteiger partial charge in [-0.25, -0.2) is 0 Å². The van der Waals surface area contributed by atoms with Crippen LogP contribution in [0.3, 0.4) is 0 Å². The van der Waals surface area contributed by atoms with Gasteiger partial charge in [0.1, 0.15) is 5.76 Å². The zero-order chi connectivity index (χ0) is 14.7. The summed E-state index contributed by atoms with van der Waals surface area (Å²) in [5, 5.41) is 3.92. The summed E-state index contributed by atoms with van der Waals surface area (Å²) in [6.07, 6.45) is 9.74. The van der Waals surface area contributed by atoms with Crippen LogP contribution in [-0.2, 0) is 6.42 Å². The molecule has 1 saturated heterocycles. The van der Waals surface area contributed by atoms with Crippen molar-refractivity contribution >= 4 is 0 Å². The van der Waals surface area contributed by atoms with Gasteiger partial charge in [0.25, 0.3) is 0 Å². The molecule has 2 aliphatic rings. The molecule has 1 N–H and O–H groups in total. The van der Waals surface area contributed by atoms with Crippen LogP contribution in [-0.4, -0.2) is 36.1 Å². The van der Waals surface area contributed by atoms with Gasteiger partial charge in [0.05, 0.1) is 6.26 Å². The normalized spacial score (nSPS) is 26.5. The maximum Gasteiger partial charge on any atom is 0.105 e. The fourth-order valence-corrected chi connectivity index (χ4v) is 4.19. The smallest absolute Gasteiger partial charge is 0.105 e. The minimum atomic E-state index is 0.396. The molecule has 3 nitrogen and oxygen atoms in total. The van der Waals surface area contributed by atoms with Gasteiger partial charge in [-0.3, -0.25) is 4.90 Å². The van der Waals surface area contributed by atoms with E-state index < -0.39 is 0 Å². The Morgan fingerprint density at radius 2 is 2.14 bits per heavy atom. The Balaban J connectivity index is 1.65. The lowest BCUT2D eigenvalue weighted by molar-refractivity contribution is 0.0365. The van der Waals surface area contributed by atoms with E-state index in [2.05, 4.69) is 30.1 Å². The quantitative estimate of drug-likeness (QED) is 0.920. The molecule has 2 heterocycles. The maximum absolute atomic E-state index is 5.51. The third-order valence-corrected chi connectivity index (χ3v) is 5.47. The van der Waals surface area contributed by atoms with Crippen LogP contribution in [0, 0.1) is 5.92 Å². The molecule has 1 unspecified atom stereocenters. The Kier molecular flexibility index (Phi) is 4.70. The second-order valence-corrected chi connectivity index (χ2v) is 7.33. The van der Waals surface area contributed by atoms with E-state index in [9.17, 15) is 0 Å². The number of nitrogens with zero attached hydrogens (tertiary/aromatic N) is 1. The molecule has 1 atom stereocenters. The lowest BCUT2D eigenvalue weighted by atomic mass is 9.78. The first-order chi connectivity index (χ1) is 10.2. The first kappa shape index (κ1) is 15.1. The van der Waals surface area contributed by atoms with Crippen molar-refractivity contribution in [1.82, 2.24) is 10.2 Å². The molecule has 1 aromatic heterocycles. The van der Waals surface area contributed by atoms with Crippen molar-refractivity contribution in [2.45, 2.75) is 64.0 Å². The minimum Gasteiger partial charge on any atom is -0.469 e. The molecule has 3 rings (SSSR count). The van der Waals surface area contributed by atoms with Crippen molar-refractivity contribution in [1.29, 1.82) is 0 Å². The van der Waals surface area contributed by atoms with Crippen molar-refractivity contribution < 1.29 is 4.42 Å². The standard InChI is InChI=1S/C18H30N2O/c1-15(2)17-13-19-18(9-4-3-5-10-18)14-20(17)11-8-16-7-6-12-21-16/h6-7,12,15,17,19H,3-5,8-11,13-14H2,1-2H3. The zero-order valence-corrected chi connectivity index (χ0v) is 13.6. The van der Waals surface area contributed by atoms with Crippen LogP contribution >= 0.6 is 0 Å². The highest BCUT2D eigenvalue weighted by atomic mass is 16.3. The molecular weight excluding hydrogens is 260 g/mol. The molecule has 2 fully saturated rings. The highest BCUT2D eigenvalue weighted by Gasteiger charge is 2.40. The Hall–Kier alpha value is -0.800. The monoisotopic (exact) mass is 290 g/mol. The number of rotatable bonds is 4. The van der Waals surface area contributed by atoms with E-state index >= 15 is 0 Å². The van der Waals surface area contributed by atoms with Gasteiger partial charge in [-0.1, -0.05) is 33.1 Å². The van der Waals surface area contributed by atoms with Crippen molar-refractivity contribution in [2.75, 3.05) is 19.6 Å². The van der Waals surface area contributed by atoms with Gasteiger partial charge in [-0.05, 0) is 30.9 Å². The summed E-state index contributed by atoms with van der Waals surface area (Å²) in [5.41, 5.74) is 0.396. The number of piperazine rings is 1. The van der Waals surface area contributed by atoms with E-state index in [1.54, 1.807) is 6.26 Å². The molecule has 0 aromatic carbocycles. The second-order valence-electron chi connectivity index (χ2n) is 7.33. The molecule has 1 saturated carbocycles. The van der Waals surface area contributed by atoms with E-state index in [-0.39, 0.29) is 0 Å². The summed E-state index contributed by atoms with van der Waals surface area (Å²) in [7, 11) is 0. The van der Waals surface area contributed by atoms with Gasteiger partial charge in [-0.2, -0.15) is 0 Å². The summed E-state index contributed by atoms with van der Waals surface area (Å²) < 4.78 is 5.51. The number of nitrogens with one attached hydrogen (secondary N) is 1. The Morgan fingerprint density at radius 3 is 2.81 bits per heavy atom. The van der Waals surface area contributed by atoms with Crippen molar-refractivity contribution in [3.8, 4) is 0 Å². The van der Waals surface area contributed by atoms with Crippen LogP contribution in [0.1, 0.15) is 51.7 Å². The first-order valence-corrected chi connectivity index (χ1v) is 8.70. The van der Waals surface area contributed by atoms with Crippen LogP contribution in [0.4, 0.5) is 0 Å². The molecule has 1 spiro atoms. The fraction of sp³-hybridized carbons (Fsp3) is 0.778. The Bertz CT molecular complexity index is 420. The van der Waals surface area contributed by atoms with Gasteiger partial charge in [0.15, 0.2) is 0 Å².